The minimum absolute atomic E-state index is 0.156. The van der Waals surface area contributed by atoms with Gasteiger partial charge < -0.3 is 4.79 Å². The molecule has 0 aliphatic heterocycles. The van der Waals surface area contributed by atoms with Gasteiger partial charge in [-0.1, -0.05) is 41.5 Å². The number of carbonyl (C=O) groups is 1. The molecule has 0 amide bonds. The molecular weight excluding hydrogens is 208 g/mol. The van der Waals surface area contributed by atoms with Crippen molar-refractivity contribution in [3.8, 4) is 0 Å². The van der Waals surface area contributed by atoms with Crippen molar-refractivity contribution in [2.24, 2.45) is 5.92 Å². The Morgan fingerprint density at radius 2 is 1.88 bits per heavy atom. The summed E-state index contributed by atoms with van der Waals surface area (Å²) in [6, 6.07) is 10.5. The van der Waals surface area contributed by atoms with Crippen molar-refractivity contribution >= 4 is 6.29 Å². The van der Waals surface area contributed by atoms with Crippen LogP contribution in [0.1, 0.15) is 43.6 Å². The van der Waals surface area contributed by atoms with Gasteiger partial charge in [-0.25, -0.2) is 0 Å². The number of rotatable bonds is 2. The Balaban J connectivity index is 1.95. The Kier molecular flexibility index (Phi) is 2.84. The van der Waals surface area contributed by atoms with Crippen LogP contribution in [0.3, 0.4) is 0 Å². The molecule has 0 fully saturated rings. The van der Waals surface area contributed by atoms with Gasteiger partial charge in [0.2, 0.25) is 0 Å². The number of hydrogen-bond donors (Lipinski definition) is 0. The summed E-state index contributed by atoms with van der Waals surface area (Å²) >= 11 is 0. The minimum Gasteiger partial charge on any atom is -0.303 e. The summed E-state index contributed by atoms with van der Waals surface area (Å²) in [7, 11) is 0. The van der Waals surface area contributed by atoms with Crippen molar-refractivity contribution in [2.75, 3.05) is 0 Å². The van der Waals surface area contributed by atoms with Crippen LogP contribution in [0.25, 0.3) is 0 Å². The van der Waals surface area contributed by atoms with E-state index >= 15 is 0 Å². The average Bonchev–Trinajstić information content (AvgIpc) is 2.86. The second kappa shape index (κ2) is 4.48. The fourth-order valence-electron chi connectivity index (χ4n) is 3.52. The molecule has 1 heteroatoms. The predicted molar refractivity (Wildman–Crippen MR) is 68.8 cm³/mol. The molecule has 2 aliphatic carbocycles. The molecule has 0 unspecified atom stereocenters. The quantitative estimate of drug-likeness (QED) is 0.553. The Morgan fingerprint density at radius 1 is 1.06 bits per heavy atom. The molecule has 0 heterocycles. The summed E-state index contributed by atoms with van der Waals surface area (Å²) in [5.74, 6) is 0.578. The fraction of sp³-hybridized carbons (Fsp3) is 0.438. The smallest absolute Gasteiger partial charge is 0.127 e. The molecule has 3 rings (SSSR count). The molecule has 0 N–H and O–H groups in total. The van der Waals surface area contributed by atoms with Gasteiger partial charge in [-0.05, 0) is 43.6 Å². The highest BCUT2D eigenvalue weighted by molar-refractivity contribution is 5.63. The zero-order chi connectivity index (χ0) is 11.7. The summed E-state index contributed by atoms with van der Waals surface area (Å²) in [4.78, 5) is 11.5. The highest BCUT2D eigenvalue weighted by Gasteiger charge is 2.33. The number of benzene rings is 1. The molecule has 88 valence electrons. The summed E-state index contributed by atoms with van der Waals surface area (Å²) in [5, 5.41) is 0. The van der Waals surface area contributed by atoms with Gasteiger partial charge in [0.25, 0.3) is 0 Å². The largest absolute Gasteiger partial charge is 0.303 e. The van der Waals surface area contributed by atoms with Gasteiger partial charge in [0.15, 0.2) is 0 Å². The van der Waals surface area contributed by atoms with Crippen LogP contribution in [0.15, 0.2) is 41.5 Å². The predicted octanol–water partition coefficient (Wildman–Crippen LogP) is 3.86. The van der Waals surface area contributed by atoms with E-state index in [2.05, 4.69) is 24.3 Å². The topological polar surface area (TPSA) is 17.1 Å². The van der Waals surface area contributed by atoms with E-state index in [1.165, 1.54) is 36.7 Å². The first kappa shape index (κ1) is 10.8. The second-order valence-electron chi connectivity index (χ2n) is 5.20. The number of carbonyl (C=O) groups excluding carboxylic acids is 1. The van der Waals surface area contributed by atoms with Crippen LogP contribution in [0.5, 0.6) is 0 Å². The maximum atomic E-state index is 11.5. The van der Waals surface area contributed by atoms with E-state index in [9.17, 15) is 4.79 Å². The molecule has 1 aromatic carbocycles. The van der Waals surface area contributed by atoms with Gasteiger partial charge in [0.05, 0.1) is 0 Å². The summed E-state index contributed by atoms with van der Waals surface area (Å²) in [5.41, 5.74) is 4.40. The molecule has 0 spiro atoms. The van der Waals surface area contributed by atoms with Crippen molar-refractivity contribution in [1.82, 2.24) is 0 Å². The molecular formula is C16H18O. The van der Waals surface area contributed by atoms with E-state index in [0.29, 0.717) is 5.92 Å². The zero-order valence-corrected chi connectivity index (χ0v) is 10.1. The summed E-state index contributed by atoms with van der Waals surface area (Å²) in [6.45, 7) is 0. The molecule has 0 aromatic heterocycles. The van der Waals surface area contributed by atoms with Crippen LogP contribution in [-0.2, 0) is 4.79 Å². The molecule has 0 radical (unpaired) electrons. The zero-order valence-electron chi connectivity index (χ0n) is 10.1. The molecule has 1 nitrogen and oxygen atoms in total. The van der Waals surface area contributed by atoms with Crippen LogP contribution < -0.4 is 0 Å². The van der Waals surface area contributed by atoms with Crippen molar-refractivity contribution in [2.45, 2.75) is 38.0 Å². The van der Waals surface area contributed by atoms with Gasteiger partial charge in [0.1, 0.15) is 6.29 Å². The third-order valence-electron chi connectivity index (χ3n) is 4.35. The Hall–Kier alpha value is -1.37. The van der Waals surface area contributed by atoms with Gasteiger partial charge in [-0.15, -0.1) is 0 Å². The number of hydrogen-bond acceptors (Lipinski definition) is 1. The maximum absolute atomic E-state index is 11.5. The van der Waals surface area contributed by atoms with E-state index < -0.39 is 0 Å². The van der Waals surface area contributed by atoms with Crippen LogP contribution in [0.4, 0.5) is 0 Å². The van der Waals surface area contributed by atoms with E-state index in [4.69, 9.17) is 0 Å². The molecule has 2 atom stereocenters. The van der Waals surface area contributed by atoms with Gasteiger partial charge in [-0.3, -0.25) is 0 Å². The maximum Gasteiger partial charge on any atom is 0.127 e. The fourth-order valence-corrected chi connectivity index (χ4v) is 3.52. The molecule has 0 bridgehead atoms. The third-order valence-corrected chi connectivity index (χ3v) is 4.35. The van der Waals surface area contributed by atoms with Crippen molar-refractivity contribution in [1.29, 1.82) is 0 Å². The molecule has 17 heavy (non-hydrogen) atoms. The van der Waals surface area contributed by atoms with E-state index in [0.717, 1.165) is 12.8 Å². The van der Waals surface area contributed by atoms with Crippen molar-refractivity contribution < 1.29 is 4.79 Å². The van der Waals surface area contributed by atoms with E-state index in [-0.39, 0.29) is 5.92 Å². The van der Waals surface area contributed by atoms with Crippen molar-refractivity contribution in [3.63, 3.8) is 0 Å². The lowest BCUT2D eigenvalue weighted by atomic mass is 9.73. The Morgan fingerprint density at radius 3 is 2.65 bits per heavy atom. The summed E-state index contributed by atoms with van der Waals surface area (Å²) in [6.07, 6.45) is 7.20. The first-order valence-electron chi connectivity index (χ1n) is 6.61. The van der Waals surface area contributed by atoms with Crippen LogP contribution in [0, 0.1) is 5.92 Å². The summed E-state index contributed by atoms with van der Waals surface area (Å²) < 4.78 is 0. The highest BCUT2D eigenvalue weighted by atomic mass is 16.1. The number of allylic oxidation sites excluding steroid dienone is 2. The van der Waals surface area contributed by atoms with E-state index in [1.54, 1.807) is 5.57 Å². The first-order valence-corrected chi connectivity index (χ1v) is 6.61. The lowest BCUT2D eigenvalue weighted by Gasteiger charge is -2.30. The highest BCUT2D eigenvalue weighted by Crippen LogP contribution is 2.46. The molecule has 1 aromatic rings. The third kappa shape index (κ3) is 1.84. The minimum atomic E-state index is 0.156. The molecule has 0 saturated heterocycles. The number of aldehydes is 1. The Bertz CT molecular complexity index is 444. The normalized spacial score (nSPS) is 28.0. The first-order chi connectivity index (χ1) is 8.40. The molecule has 0 saturated carbocycles. The average molecular weight is 226 g/mol. The van der Waals surface area contributed by atoms with Gasteiger partial charge in [-0.2, -0.15) is 0 Å². The lowest BCUT2D eigenvalue weighted by Crippen LogP contribution is -2.21. The SMILES string of the molecule is O=C[C@H]1C2=C(CCC2)CC[C@@H]1c1ccccc1. The van der Waals surface area contributed by atoms with Crippen LogP contribution >= 0.6 is 0 Å². The van der Waals surface area contributed by atoms with Gasteiger partial charge in [0, 0.05) is 5.92 Å². The van der Waals surface area contributed by atoms with Crippen LogP contribution in [0.2, 0.25) is 0 Å². The lowest BCUT2D eigenvalue weighted by molar-refractivity contribution is -0.110. The molecule has 2 aliphatic rings. The van der Waals surface area contributed by atoms with Crippen LogP contribution in [-0.4, -0.2) is 6.29 Å². The van der Waals surface area contributed by atoms with E-state index in [1.807, 2.05) is 6.07 Å². The second-order valence-corrected chi connectivity index (χ2v) is 5.20. The Labute approximate surface area is 103 Å². The van der Waals surface area contributed by atoms with Gasteiger partial charge >= 0.3 is 0 Å². The monoisotopic (exact) mass is 226 g/mol. The standard InChI is InChI=1S/C16H18O/c17-11-16-14-8-4-7-13(14)9-10-15(16)12-5-2-1-3-6-12/h1-3,5-6,11,15-16H,4,7-10H2/t15-,16+/m1/s1. The van der Waals surface area contributed by atoms with Crippen molar-refractivity contribution in [3.05, 3.63) is 47.0 Å².